The van der Waals surface area contributed by atoms with Crippen LogP contribution in [0.1, 0.15) is 13.3 Å². The lowest BCUT2D eigenvalue weighted by Gasteiger charge is -2.20. The lowest BCUT2D eigenvalue weighted by molar-refractivity contribution is -0.156. The Balaban J connectivity index is 2.00. The minimum absolute atomic E-state index is 0.261. The Kier molecular flexibility index (Phi) is 4.65. The fourth-order valence-corrected chi connectivity index (χ4v) is 2.26. The second-order valence-corrected chi connectivity index (χ2v) is 5.60. The maximum Gasteiger partial charge on any atom is 0.337 e. The number of anilines is 1. The SMILES string of the molecule is CC(O)(CNC(=O)C1CCN(c2ccc(F)cc2)C1=O)C(=O)O. The zero-order valence-electron chi connectivity index (χ0n) is 12.5. The molecule has 2 rings (SSSR count). The second-order valence-electron chi connectivity index (χ2n) is 5.60. The number of halogens is 1. The van der Waals surface area contributed by atoms with Gasteiger partial charge in [0.2, 0.25) is 11.8 Å². The highest BCUT2D eigenvalue weighted by Gasteiger charge is 2.39. The number of amides is 2. The van der Waals surface area contributed by atoms with Crippen molar-refractivity contribution in [1.82, 2.24) is 5.32 Å². The molecule has 1 aromatic carbocycles. The quantitative estimate of drug-likeness (QED) is 0.668. The van der Waals surface area contributed by atoms with Crippen LogP contribution in [0.15, 0.2) is 24.3 Å². The van der Waals surface area contributed by atoms with E-state index in [-0.39, 0.29) is 6.42 Å². The molecule has 1 aliphatic rings. The van der Waals surface area contributed by atoms with Crippen LogP contribution in [0.3, 0.4) is 0 Å². The highest BCUT2D eigenvalue weighted by atomic mass is 19.1. The molecule has 0 radical (unpaired) electrons. The summed E-state index contributed by atoms with van der Waals surface area (Å²) in [4.78, 5) is 36.5. The number of carboxylic acid groups (broad SMARTS) is 1. The summed E-state index contributed by atoms with van der Waals surface area (Å²) in [5, 5.41) is 20.6. The van der Waals surface area contributed by atoms with E-state index in [9.17, 15) is 23.9 Å². The van der Waals surface area contributed by atoms with Gasteiger partial charge in [0, 0.05) is 12.2 Å². The van der Waals surface area contributed by atoms with Crippen molar-refractivity contribution in [2.45, 2.75) is 18.9 Å². The third-order valence-electron chi connectivity index (χ3n) is 3.73. The molecule has 1 aromatic rings. The topological polar surface area (TPSA) is 107 Å². The van der Waals surface area contributed by atoms with E-state index in [1.807, 2.05) is 0 Å². The average Bonchev–Trinajstić information content (AvgIpc) is 2.87. The van der Waals surface area contributed by atoms with Gasteiger partial charge in [0.15, 0.2) is 5.60 Å². The molecule has 0 saturated carbocycles. The number of carbonyl (C=O) groups is 3. The van der Waals surface area contributed by atoms with Crippen molar-refractivity contribution in [1.29, 1.82) is 0 Å². The summed E-state index contributed by atoms with van der Waals surface area (Å²) in [7, 11) is 0. The first-order valence-corrected chi connectivity index (χ1v) is 7.03. The zero-order chi connectivity index (χ0) is 17.2. The van der Waals surface area contributed by atoms with Crippen LogP contribution in [-0.4, -0.2) is 46.7 Å². The van der Waals surface area contributed by atoms with Gasteiger partial charge in [-0.3, -0.25) is 9.59 Å². The number of hydrogen-bond acceptors (Lipinski definition) is 4. The summed E-state index contributed by atoms with van der Waals surface area (Å²) in [5.74, 6) is -3.93. The molecule has 2 amide bonds. The molecular formula is C15H17FN2O5. The first-order chi connectivity index (χ1) is 10.7. The predicted octanol–water partition coefficient (Wildman–Crippen LogP) is 0.130. The van der Waals surface area contributed by atoms with Gasteiger partial charge in [0.25, 0.3) is 0 Å². The molecule has 0 bridgehead atoms. The molecule has 0 spiro atoms. The third kappa shape index (κ3) is 3.65. The van der Waals surface area contributed by atoms with E-state index in [4.69, 9.17) is 5.11 Å². The van der Waals surface area contributed by atoms with Gasteiger partial charge < -0.3 is 20.4 Å². The van der Waals surface area contributed by atoms with Gasteiger partial charge in [-0.1, -0.05) is 0 Å². The number of benzene rings is 1. The Morgan fingerprint density at radius 2 is 2.00 bits per heavy atom. The Labute approximate surface area is 131 Å². The van der Waals surface area contributed by atoms with Gasteiger partial charge in [-0.15, -0.1) is 0 Å². The molecule has 0 aliphatic carbocycles. The maximum atomic E-state index is 12.9. The predicted molar refractivity (Wildman–Crippen MR) is 78.1 cm³/mol. The van der Waals surface area contributed by atoms with Gasteiger partial charge >= 0.3 is 5.97 Å². The van der Waals surface area contributed by atoms with Crippen LogP contribution in [0.25, 0.3) is 0 Å². The highest BCUT2D eigenvalue weighted by molar-refractivity contribution is 6.09. The van der Waals surface area contributed by atoms with Crippen LogP contribution in [-0.2, 0) is 14.4 Å². The van der Waals surface area contributed by atoms with Crippen LogP contribution in [0.5, 0.6) is 0 Å². The minimum atomic E-state index is -2.10. The normalized spacial score (nSPS) is 20.2. The first kappa shape index (κ1) is 16.9. The number of nitrogens with one attached hydrogen (secondary N) is 1. The average molecular weight is 324 g/mol. The summed E-state index contributed by atoms with van der Waals surface area (Å²) < 4.78 is 12.9. The number of aliphatic carboxylic acids is 1. The summed E-state index contributed by atoms with van der Waals surface area (Å²) >= 11 is 0. The Bertz CT molecular complexity index is 629. The molecule has 124 valence electrons. The monoisotopic (exact) mass is 324 g/mol. The van der Waals surface area contributed by atoms with Gasteiger partial charge in [-0.2, -0.15) is 0 Å². The number of aliphatic hydroxyl groups is 1. The Hall–Kier alpha value is -2.48. The zero-order valence-corrected chi connectivity index (χ0v) is 12.5. The van der Waals surface area contributed by atoms with E-state index in [2.05, 4.69) is 5.32 Å². The number of hydrogen-bond donors (Lipinski definition) is 3. The van der Waals surface area contributed by atoms with E-state index < -0.39 is 41.7 Å². The van der Waals surface area contributed by atoms with Crippen molar-refractivity contribution in [2.24, 2.45) is 5.92 Å². The lowest BCUT2D eigenvalue weighted by atomic mass is 10.1. The third-order valence-corrected chi connectivity index (χ3v) is 3.73. The van der Waals surface area contributed by atoms with Crippen molar-refractivity contribution in [3.63, 3.8) is 0 Å². The molecule has 1 fully saturated rings. The molecule has 0 aromatic heterocycles. The van der Waals surface area contributed by atoms with Crippen LogP contribution < -0.4 is 10.2 Å². The molecule has 23 heavy (non-hydrogen) atoms. The van der Waals surface area contributed by atoms with Crippen LogP contribution in [0, 0.1) is 11.7 Å². The van der Waals surface area contributed by atoms with Crippen molar-refractivity contribution in [3.05, 3.63) is 30.1 Å². The summed E-state index contributed by atoms with van der Waals surface area (Å²) in [6.07, 6.45) is 0.261. The largest absolute Gasteiger partial charge is 0.479 e. The number of rotatable bonds is 5. The fourth-order valence-electron chi connectivity index (χ4n) is 2.26. The maximum absolute atomic E-state index is 12.9. The number of carbonyl (C=O) groups excluding carboxylic acids is 2. The number of nitrogens with zero attached hydrogens (tertiary/aromatic N) is 1. The van der Waals surface area contributed by atoms with Crippen LogP contribution in [0.2, 0.25) is 0 Å². The highest BCUT2D eigenvalue weighted by Crippen LogP contribution is 2.25. The fraction of sp³-hybridized carbons (Fsp3) is 0.400. The summed E-state index contributed by atoms with van der Waals surface area (Å²) in [6, 6.07) is 5.34. The van der Waals surface area contributed by atoms with Crippen molar-refractivity contribution in [2.75, 3.05) is 18.0 Å². The Morgan fingerprint density at radius 3 is 2.57 bits per heavy atom. The van der Waals surface area contributed by atoms with E-state index in [1.165, 1.54) is 29.2 Å². The van der Waals surface area contributed by atoms with E-state index in [0.717, 1.165) is 6.92 Å². The van der Waals surface area contributed by atoms with Crippen molar-refractivity contribution >= 4 is 23.5 Å². The molecule has 1 saturated heterocycles. The first-order valence-electron chi connectivity index (χ1n) is 7.03. The summed E-state index contributed by atoms with van der Waals surface area (Å²) in [5.41, 5.74) is -1.61. The molecule has 2 atom stereocenters. The van der Waals surface area contributed by atoms with E-state index in [0.29, 0.717) is 12.2 Å². The Morgan fingerprint density at radius 1 is 1.39 bits per heavy atom. The minimum Gasteiger partial charge on any atom is -0.479 e. The standard InChI is InChI=1S/C15H17FN2O5/c1-15(23,14(21)22)8-17-12(19)11-6-7-18(13(11)20)10-4-2-9(16)3-5-10/h2-5,11,23H,6-8H2,1H3,(H,17,19)(H,21,22). The van der Waals surface area contributed by atoms with Crippen molar-refractivity contribution in [3.8, 4) is 0 Å². The molecular weight excluding hydrogens is 307 g/mol. The van der Waals surface area contributed by atoms with E-state index in [1.54, 1.807) is 0 Å². The molecule has 1 aliphatic heterocycles. The smallest absolute Gasteiger partial charge is 0.337 e. The van der Waals surface area contributed by atoms with Gasteiger partial charge in [-0.05, 0) is 37.6 Å². The molecule has 3 N–H and O–H groups in total. The second kappa shape index (κ2) is 6.33. The van der Waals surface area contributed by atoms with Crippen LogP contribution >= 0.6 is 0 Å². The van der Waals surface area contributed by atoms with Gasteiger partial charge in [-0.25, -0.2) is 9.18 Å². The molecule has 2 unspecified atom stereocenters. The van der Waals surface area contributed by atoms with Gasteiger partial charge in [0.1, 0.15) is 11.7 Å². The van der Waals surface area contributed by atoms with Crippen LogP contribution in [0.4, 0.5) is 10.1 Å². The van der Waals surface area contributed by atoms with Gasteiger partial charge in [0.05, 0.1) is 6.54 Å². The summed E-state index contributed by atoms with van der Waals surface area (Å²) in [6.45, 7) is 0.857. The lowest BCUT2D eigenvalue weighted by Crippen LogP contribution is -2.48. The molecule has 8 heteroatoms. The van der Waals surface area contributed by atoms with E-state index >= 15 is 0 Å². The number of carboxylic acids is 1. The molecule has 1 heterocycles. The molecule has 7 nitrogen and oxygen atoms in total. The van der Waals surface area contributed by atoms with Crippen molar-refractivity contribution < 1.29 is 29.0 Å².